The molecule has 0 aliphatic heterocycles. The first-order valence-electron chi connectivity index (χ1n) is 3.31. The largest absolute Gasteiger partial charge is 0.245 e. The maximum atomic E-state index is 11.8. The Labute approximate surface area is 89.7 Å². The maximum absolute atomic E-state index is 11.8. The number of nitriles is 1. The normalized spacial score (nSPS) is 14.6. The molecule has 13 heavy (non-hydrogen) atoms. The lowest BCUT2D eigenvalue weighted by Gasteiger charge is -1.98. The summed E-state index contributed by atoms with van der Waals surface area (Å²) in [5.74, 6) is 0. The summed E-state index contributed by atoms with van der Waals surface area (Å²) >= 11 is 4.54. The lowest BCUT2D eigenvalue weighted by atomic mass is 10.5. The van der Waals surface area contributed by atoms with E-state index in [9.17, 15) is 4.21 Å². The minimum Gasteiger partial charge on any atom is -0.245 e. The van der Waals surface area contributed by atoms with Crippen LogP contribution < -0.4 is 0 Å². The van der Waals surface area contributed by atoms with Gasteiger partial charge in [0.05, 0.1) is 18.4 Å². The third-order valence-corrected chi connectivity index (χ3v) is 5.49. The Morgan fingerprint density at radius 3 is 2.77 bits per heavy atom. The molecule has 1 aromatic rings. The van der Waals surface area contributed by atoms with Crippen molar-refractivity contribution in [2.75, 3.05) is 13.3 Å². The van der Waals surface area contributed by atoms with E-state index in [0.29, 0.717) is 9.77 Å². The smallest absolute Gasteiger partial charge is 0.110 e. The Hall–Kier alpha value is -0.380. The van der Waals surface area contributed by atoms with E-state index in [1.165, 1.54) is 18.4 Å². The summed E-state index contributed by atoms with van der Waals surface area (Å²) in [6.07, 6.45) is 1.56. The predicted molar refractivity (Wildman–Crippen MR) is 57.4 cm³/mol. The van der Waals surface area contributed by atoms with E-state index >= 15 is 0 Å². The third kappa shape index (κ3) is 2.10. The van der Waals surface area contributed by atoms with Crippen LogP contribution in [-0.2, 0) is 9.73 Å². The second-order valence-electron chi connectivity index (χ2n) is 2.35. The zero-order valence-corrected chi connectivity index (χ0v) is 10.3. The molecule has 0 aromatic carbocycles. The van der Waals surface area contributed by atoms with Gasteiger partial charge in [-0.25, -0.2) is 8.57 Å². The van der Waals surface area contributed by atoms with Crippen molar-refractivity contribution in [1.29, 1.82) is 5.26 Å². The standard InChI is InChI=1S/C7H7BrN2OS2/c1-10-13(2,11)6-3-5(4-9)12-7(6)8/h3H,1-2H3. The van der Waals surface area contributed by atoms with Crippen LogP contribution in [0, 0.1) is 11.3 Å². The second-order valence-corrected chi connectivity index (χ2v) is 7.13. The molecule has 0 aliphatic rings. The van der Waals surface area contributed by atoms with Gasteiger partial charge in [-0.15, -0.1) is 11.3 Å². The molecule has 0 saturated carbocycles. The average molecular weight is 279 g/mol. The fourth-order valence-electron chi connectivity index (χ4n) is 0.764. The molecule has 0 aliphatic carbocycles. The van der Waals surface area contributed by atoms with Gasteiger partial charge < -0.3 is 0 Å². The van der Waals surface area contributed by atoms with Crippen molar-refractivity contribution in [1.82, 2.24) is 0 Å². The highest BCUT2D eigenvalue weighted by Gasteiger charge is 2.13. The first kappa shape index (κ1) is 10.7. The van der Waals surface area contributed by atoms with Crippen LogP contribution >= 0.6 is 27.3 Å². The molecule has 6 heteroatoms. The van der Waals surface area contributed by atoms with Crippen molar-refractivity contribution in [3.8, 4) is 6.07 Å². The van der Waals surface area contributed by atoms with Crippen LogP contribution in [0.2, 0.25) is 0 Å². The summed E-state index contributed by atoms with van der Waals surface area (Å²) in [6.45, 7) is 0. The molecule has 0 radical (unpaired) electrons. The van der Waals surface area contributed by atoms with Crippen molar-refractivity contribution in [2.45, 2.75) is 4.90 Å². The highest BCUT2D eigenvalue weighted by Crippen LogP contribution is 2.31. The maximum Gasteiger partial charge on any atom is 0.110 e. The molecule has 3 nitrogen and oxygen atoms in total. The fraction of sp³-hybridized carbons (Fsp3) is 0.286. The number of thiophene rings is 1. The number of halogens is 1. The zero-order valence-electron chi connectivity index (χ0n) is 7.07. The number of nitrogens with zero attached hydrogens (tertiary/aromatic N) is 2. The Morgan fingerprint density at radius 1 is 1.77 bits per heavy atom. The minimum absolute atomic E-state index is 0.542. The Balaban J connectivity index is 3.42. The SMILES string of the molecule is CN=S(C)(=O)c1cc(C#N)sc1Br. The molecule has 0 bridgehead atoms. The van der Waals surface area contributed by atoms with Crippen molar-refractivity contribution in [3.05, 3.63) is 14.7 Å². The van der Waals surface area contributed by atoms with Gasteiger partial charge in [0.15, 0.2) is 0 Å². The Kier molecular flexibility index (Phi) is 3.11. The van der Waals surface area contributed by atoms with E-state index in [1.807, 2.05) is 6.07 Å². The summed E-state index contributed by atoms with van der Waals surface area (Å²) in [7, 11) is -0.818. The van der Waals surface area contributed by atoms with Crippen LogP contribution in [0.1, 0.15) is 4.88 Å². The first-order chi connectivity index (χ1) is 6.01. The highest BCUT2D eigenvalue weighted by molar-refractivity contribution is 9.11. The van der Waals surface area contributed by atoms with E-state index in [1.54, 1.807) is 12.3 Å². The number of rotatable bonds is 1. The molecule has 0 spiro atoms. The van der Waals surface area contributed by atoms with E-state index in [-0.39, 0.29) is 0 Å². The highest BCUT2D eigenvalue weighted by atomic mass is 79.9. The molecule has 1 aromatic heterocycles. The Morgan fingerprint density at radius 2 is 2.38 bits per heavy atom. The van der Waals surface area contributed by atoms with Crippen LogP contribution in [0.4, 0.5) is 0 Å². The lowest BCUT2D eigenvalue weighted by Crippen LogP contribution is -1.95. The van der Waals surface area contributed by atoms with Crippen molar-refractivity contribution in [2.24, 2.45) is 4.36 Å². The monoisotopic (exact) mass is 278 g/mol. The third-order valence-electron chi connectivity index (χ3n) is 1.52. The molecular formula is C7H7BrN2OS2. The van der Waals surface area contributed by atoms with Crippen LogP contribution in [0.3, 0.4) is 0 Å². The molecule has 1 rings (SSSR count). The molecule has 1 atom stereocenters. The molecule has 1 heterocycles. The number of hydrogen-bond acceptors (Lipinski definition) is 4. The van der Waals surface area contributed by atoms with Crippen LogP contribution in [-0.4, -0.2) is 17.5 Å². The van der Waals surface area contributed by atoms with Gasteiger partial charge in [0.25, 0.3) is 0 Å². The summed E-state index contributed by atoms with van der Waals surface area (Å²) in [4.78, 5) is 1.15. The van der Waals surface area contributed by atoms with Crippen molar-refractivity contribution >= 4 is 37.0 Å². The van der Waals surface area contributed by atoms with E-state index in [0.717, 1.165) is 3.79 Å². The second kappa shape index (κ2) is 3.78. The van der Waals surface area contributed by atoms with Gasteiger partial charge in [-0.05, 0) is 22.0 Å². The molecule has 0 N–H and O–H groups in total. The van der Waals surface area contributed by atoms with Gasteiger partial charge in [-0.1, -0.05) is 0 Å². The molecule has 0 fully saturated rings. The summed E-state index contributed by atoms with van der Waals surface area (Å²) in [6, 6.07) is 3.62. The van der Waals surface area contributed by atoms with Gasteiger partial charge in [0.2, 0.25) is 0 Å². The Bertz CT molecular complexity index is 477. The quantitative estimate of drug-likeness (QED) is 0.793. The summed E-state index contributed by atoms with van der Waals surface area (Å²) in [5, 5.41) is 8.63. The summed E-state index contributed by atoms with van der Waals surface area (Å²) in [5.41, 5.74) is 0. The van der Waals surface area contributed by atoms with E-state index < -0.39 is 9.73 Å². The first-order valence-corrected chi connectivity index (χ1v) is 6.84. The molecule has 0 saturated heterocycles. The van der Waals surface area contributed by atoms with Gasteiger partial charge >= 0.3 is 0 Å². The topological polar surface area (TPSA) is 53.2 Å². The molecule has 0 amide bonds. The van der Waals surface area contributed by atoms with Crippen LogP contribution in [0.25, 0.3) is 0 Å². The van der Waals surface area contributed by atoms with Gasteiger partial charge in [0.1, 0.15) is 10.9 Å². The fourth-order valence-corrected chi connectivity index (χ4v) is 4.37. The zero-order chi connectivity index (χ0) is 10.1. The van der Waals surface area contributed by atoms with Crippen LogP contribution in [0.15, 0.2) is 19.1 Å². The molecular weight excluding hydrogens is 272 g/mol. The van der Waals surface area contributed by atoms with Crippen molar-refractivity contribution < 1.29 is 4.21 Å². The van der Waals surface area contributed by atoms with E-state index in [2.05, 4.69) is 20.3 Å². The molecule has 70 valence electrons. The van der Waals surface area contributed by atoms with Gasteiger partial charge in [-0.2, -0.15) is 5.26 Å². The number of hydrogen-bond donors (Lipinski definition) is 0. The van der Waals surface area contributed by atoms with Gasteiger partial charge in [0, 0.05) is 13.3 Å². The predicted octanol–water partition coefficient (Wildman–Crippen LogP) is 2.47. The lowest BCUT2D eigenvalue weighted by molar-refractivity contribution is 0.680. The molecule has 1 unspecified atom stereocenters. The average Bonchev–Trinajstić information content (AvgIpc) is 2.47. The van der Waals surface area contributed by atoms with E-state index in [4.69, 9.17) is 5.26 Å². The minimum atomic E-state index is -2.33. The van der Waals surface area contributed by atoms with Crippen LogP contribution in [0.5, 0.6) is 0 Å². The summed E-state index contributed by atoms with van der Waals surface area (Å²) < 4.78 is 16.3. The van der Waals surface area contributed by atoms with Gasteiger partial charge in [-0.3, -0.25) is 0 Å². The van der Waals surface area contributed by atoms with Crippen molar-refractivity contribution in [3.63, 3.8) is 0 Å².